The van der Waals surface area contributed by atoms with Crippen LogP contribution in [-0.4, -0.2) is 25.3 Å². The van der Waals surface area contributed by atoms with E-state index in [-0.39, 0.29) is 5.03 Å². The summed E-state index contributed by atoms with van der Waals surface area (Å²) in [5, 5.41) is 3.31. The van der Waals surface area contributed by atoms with Gasteiger partial charge in [-0.3, -0.25) is 0 Å². The number of nitrogens with one attached hydrogen (secondary N) is 1. The van der Waals surface area contributed by atoms with Crippen molar-refractivity contribution >= 4 is 31.5 Å². The van der Waals surface area contributed by atoms with Crippen LogP contribution in [0.5, 0.6) is 5.75 Å². The quantitative estimate of drug-likeness (QED) is 0.802. The van der Waals surface area contributed by atoms with E-state index in [2.05, 4.69) is 26.2 Å². The van der Waals surface area contributed by atoms with Gasteiger partial charge in [0.15, 0.2) is 14.9 Å². The molecule has 5 nitrogen and oxygen atoms in total. The third kappa shape index (κ3) is 4.08. The van der Waals surface area contributed by atoms with Crippen LogP contribution in [0.1, 0.15) is 26.3 Å². The molecule has 0 fully saturated rings. The Morgan fingerprint density at radius 2 is 1.92 bits per heavy atom. The molecule has 1 aromatic heterocycles. The molecule has 0 spiro atoms. The SMILES string of the molecule is COc1ccc(CNc2ccc(S(=O)(=O)C(C)(C)C)nc2)cc1Br. The molecule has 2 rings (SSSR count). The average molecular weight is 413 g/mol. The van der Waals surface area contributed by atoms with Crippen LogP contribution in [0.15, 0.2) is 46.0 Å². The highest BCUT2D eigenvalue weighted by Gasteiger charge is 2.31. The van der Waals surface area contributed by atoms with Crippen molar-refractivity contribution < 1.29 is 13.2 Å². The van der Waals surface area contributed by atoms with Gasteiger partial charge in [-0.25, -0.2) is 13.4 Å². The number of anilines is 1. The van der Waals surface area contributed by atoms with Crippen LogP contribution in [0.3, 0.4) is 0 Å². The summed E-state index contributed by atoms with van der Waals surface area (Å²) in [6.07, 6.45) is 1.54. The smallest absolute Gasteiger partial charge is 0.200 e. The third-order valence-corrected chi connectivity index (χ3v) is 6.55. The first kappa shape index (κ1) is 18.7. The second-order valence-corrected chi connectivity index (χ2v) is 9.83. The topological polar surface area (TPSA) is 68.3 Å². The maximum atomic E-state index is 12.3. The number of aromatic nitrogens is 1. The molecule has 0 saturated heterocycles. The predicted octanol–water partition coefficient (Wildman–Crippen LogP) is 4.04. The maximum Gasteiger partial charge on any atom is 0.200 e. The highest BCUT2D eigenvalue weighted by Crippen LogP contribution is 2.26. The summed E-state index contributed by atoms with van der Waals surface area (Å²) >= 11 is 3.45. The lowest BCUT2D eigenvalue weighted by atomic mass is 10.2. The number of hydrogen-bond donors (Lipinski definition) is 1. The van der Waals surface area contributed by atoms with E-state index >= 15 is 0 Å². The van der Waals surface area contributed by atoms with Gasteiger partial charge in [-0.2, -0.15) is 0 Å². The molecule has 0 aliphatic rings. The normalized spacial score (nSPS) is 12.0. The Bertz CT molecular complexity index is 813. The molecule has 0 aliphatic carbocycles. The fourth-order valence-corrected chi connectivity index (χ4v) is 3.64. The highest BCUT2D eigenvalue weighted by molar-refractivity contribution is 9.10. The molecule has 0 radical (unpaired) electrons. The summed E-state index contributed by atoms with van der Waals surface area (Å²) in [4.78, 5) is 4.09. The molecule has 0 amide bonds. The van der Waals surface area contributed by atoms with Gasteiger partial charge in [-0.15, -0.1) is 0 Å². The fourth-order valence-electron chi connectivity index (χ4n) is 1.98. The number of sulfone groups is 1. The summed E-state index contributed by atoms with van der Waals surface area (Å²) < 4.78 is 29.9. The Hall–Kier alpha value is -1.60. The summed E-state index contributed by atoms with van der Waals surface area (Å²) in [6, 6.07) is 9.08. The van der Waals surface area contributed by atoms with Gasteiger partial charge in [0.1, 0.15) is 5.75 Å². The van der Waals surface area contributed by atoms with Gasteiger partial charge in [0.2, 0.25) is 0 Å². The molecule has 1 heterocycles. The summed E-state index contributed by atoms with van der Waals surface area (Å²) in [5.41, 5.74) is 1.82. The van der Waals surface area contributed by atoms with Crippen molar-refractivity contribution in [2.75, 3.05) is 12.4 Å². The Kier molecular flexibility index (Phi) is 5.55. The van der Waals surface area contributed by atoms with Gasteiger partial charge >= 0.3 is 0 Å². The maximum absolute atomic E-state index is 12.3. The van der Waals surface area contributed by atoms with Crippen molar-refractivity contribution in [1.82, 2.24) is 4.98 Å². The van der Waals surface area contributed by atoms with Crippen molar-refractivity contribution in [3.63, 3.8) is 0 Å². The molecular weight excluding hydrogens is 392 g/mol. The second kappa shape index (κ2) is 7.11. The van der Waals surface area contributed by atoms with Crippen LogP contribution in [0.25, 0.3) is 0 Å². The van der Waals surface area contributed by atoms with Crippen LogP contribution in [-0.2, 0) is 16.4 Å². The van der Waals surface area contributed by atoms with Crippen molar-refractivity contribution in [1.29, 1.82) is 0 Å². The standard InChI is InChI=1S/C17H21BrN2O3S/c1-17(2,3)24(21,22)16-8-6-13(11-20-16)19-10-12-5-7-15(23-4)14(18)9-12/h5-9,11,19H,10H2,1-4H3. The van der Waals surface area contributed by atoms with Gasteiger partial charge < -0.3 is 10.1 Å². The molecule has 1 aromatic carbocycles. The molecule has 0 bridgehead atoms. The summed E-state index contributed by atoms with van der Waals surface area (Å²) in [6.45, 7) is 5.59. The molecule has 0 atom stereocenters. The predicted molar refractivity (Wildman–Crippen MR) is 99.2 cm³/mol. The third-order valence-electron chi connectivity index (χ3n) is 3.53. The zero-order valence-electron chi connectivity index (χ0n) is 14.1. The van der Waals surface area contributed by atoms with E-state index in [4.69, 9.17) is 4.74 Å². The van der Waals surface area contributed by atoms with E-state index in [1.807, 2.05) is 18.2 Å². The van der Waals surface area contributed by atoms with Crippen LogP contribution >= 0.6 is 15.9 Å². The number of halogens is 1. The van der Waals surface area contributed by atoms with E-state index < -0.39 is 14.6 Å². The fraction of sp³-hybridized carbons (Fsp3) is 0.353. The van der Waals surface area contributed by atoms with Crippen molar-refractivity contribution in [2.45, 2.75) is 37.1 Å². The lowest BCUT2D eigenvalue weighted by molar-refractivity contribution is 0.412. The van der Waals surface area contributed by atoms with Crippen molar-refractivity contribution in [3.05, 3.63) is 46.6 Å². The molecule has 2 aromatic rings. The Morgan fingerprint density at radius 3 is 2.42 bits per heavy atom. The molecule has 0 saturated carbocycles. The molecule has 1 N–H and O–H groups in total. The number of hydrogen-bond acceptors (Lipinski definition) is 5. The second-order valence-electron chi connectivity index (χ2n) is 6.32. The van der Waals surface area contributed by atoms with E-state index in [0.29, 0.717) is 6.54 Å². The summed E-state index contributed by atoms with van der Waals surface area (Å²) in [7, 11) is -1.81. The van der Waals surface area contributed by atoms with Crippen molar-refractivity contribution in [3.8, 4) is 5.75 Å². The minimum Gasteiger partial charge on any atom is -0.496 e. The minimum absolute atomic E-state index is 0.0905. The number of nitrogens with zero attached hydrogens (tertiary/aromatic N) is 1. The number of benzene rings is 1. The number of ether oxygens (including phenoxy) is 1. The minimum atomic E-state index is -3.43. The monoisotopic (exact) mass is 412 g/mol. The largest absolute Gasteiger partial charge is 0.496 e. The molecule has 130 valence electrons. The highest BCUT2D eigenvalue weighted by atomic mass is 79.9. The lowest BCUT2D eigenvalue weighted by Crippen LogP contribution is -2.28. The van der Waals surface area contributed by atoms with Crippen LogP contribution in [0.2, 0.25) is 0 Å². The first-order valence-electron chi connectivity index (χ1n) is 7.42. The Balaban J connectivity index is 2.09. The van der Waals surface area contributed by atoms with Gasteiger partial charge in [-0.05, 0) is 66.5 Å². The van der Waals surface area contributed by atoms with Gasteiger partial charge in [-0.1, -0.05) is 6.07 Å². The molecular formula is C17H21BrN2O3S. The number of pyridine rings is 1. The van der Waals surface area contributed by atoms with Crippen LogP contribution < -0.4 is 10.1 Å². The number of methoxy groups -OCH3 is 1. The molecule has 7 heteroatoms. The Morgan fingerprint density at radius 1 is 1.21 bits per heavy atom. The van der Waals surface area contributed by atoms with Gasteiger partial charge in [0, 0.05) is 6.54 Å². The zero-order valence-corrected chi connectivity index (χ0v) is 16.5. The molecule has 0 aliphatic heterocycles. The first-order valence-corrected chi connectivity index (χ1v) is 9.70. The van der Waals surface area contributed by atoms with Gasteiger partial charge in [0.25, 0.3) is 0 Å². The van der Waals surface area contributed by atoms with Gasteiger partial charge in [0.05, 0.1) is 28.2 Å². The zero-order chi connectivity index (χ0) is 18.0. The molecule has 0 unspecified atom stereocenters. The lowest BCUT2D eigenvalue weighted by Gasteiger charge is -2.18. The number of rotatable bonds is 5. The van der Waals surface area contributed by atoms with Crippen molar-refractivity contribution in [2.24, 2.45) is 0 Å². The van der Waals surface area contributed by atoms with Crippen LogP contribution in [0, 0.1) is 0 Å². The van der Waals surface area contributed by atoms with E-state index in [1.165, 1.54) is 12.3 Å². The van der Waals surface area contributed by atoms with E-state index in [0.717, 1.165) is 21.5 Å². The first-order chi connectivity index (χ1) is 11.1. The van der Waals surface area contributed by atoms with E-state index in [9.17, 15) is 8.42 Å². The van der Waals surface area contributed by atoms with E-state index in [1.54, 1.807) is 33.9 Å². The molecule has 24 heavy (non-hydrogen) atoms. The average Bonchev–Trinajstić information content (AvgIpc) is 2.52. The van der Waals surface area contributed by atoms with Crippen LogP contribution in [0.4, 0.5) is 5.69 Å². The summed E-state index contributed by atoms with van der Waals surface area (Å²) in [5.74, 6) is 0.775. The Labute approximate surface area is 151 Å².